The Bertz CT molecular complexity index is 654. The van der Waals surface area contributed by atoms with E-state index in [9.17, 15) is 0 Å². The van der Waals surface area contributed by atoms with Gasteiger partial charge in [-0.15, -0.1) is 0 Å². The average molecular weight is 353 g/mol. The maximum atomic E-state index is 6.06. The second-order valence-electron chi connectivity index (χ2n) is 5.85. The molecular weight excluding hydrogens is 320 g/mol. The number of pyridine rings is 1. The van der Waals surface area contributed by atoms with Crippen molar-refractivity contribution in [1.82, 2.24) is 9.88 Å². The first-order valence-corrected chi connectivity index (χ1v) is 9.29. The van der Waals surface area contributed by atoms with Crippen LogP contribution >= 0.6 is 0 Å². The summed E-state index contributed by atoms with van der Waals surface area (Å²) in [7, 11) is 0. The minimum atomic E-state index is 0.603. The van der Waals surface area contributed by atoms with Crippen molar-refractivity contribution in [3.05, 3.63) is 84.7 Å². The highest BCUT2D eigenvalue weighted by Gasteiger charge is 2.03. The summed E-state index contributed by atoms with van der Waals surface area (Å²) in [6.07, 6.45) is 15.9. The van der Waals surface area contributed by atoms with Gasteiger partial charge in [0, 0.05) is 6.20 Å². The van der Waals surface area contributed by atoms with E-state index in [4.69, 9.17) is 4.74 Å². The third kappa shape index (κ3) is 7.56. The Kier molecular flexibility index (Phi) is 10.5. The number of aromatic nitrogens is 1. The number of hydrogen-bond acceptors (Lipinski definition) is 3. The van der Waals surface area contributed by atoms with E-state index in [1.54, 1.807) is 0 Å². The largest absolute Gasteiger partial charge is 0.492 e. The summed E-state index contributed by atoms with van der Waals surface area (Å²) in [4.78, 5) is 6.46. The molecule has 140 valence electrons. The van der Waals surface area contributed by atoms with Crippen molar-refractivity contribution in [2.45, 2.75) is 40.5 Å². The predicted octanol–water partition coefficient (Wildman–Crippen LogP) is 6.11. The van der Waals surface area contributed by atoms with E-state index in [1.165, 1.54) is 5.57 Å². The van der Waals surface area contributed by atoms with Crippen LogP contribution in [0.2, 0.25) is 0 Å². The fraction of sp³-hybridized carbons (Fsp3) is 0.348. The Labute approximate surface area is 159 Å². The monoisotopic (exact) mass is 352 g/mol. The molecule has 0 saturated carbocycles. The Morgan fingerprint density at radius 1 is 1.27 bits per heavy atom. The molecule has 0 fully saturated rings. The van der Waals surface area contributed by atoms with Crippen LogP contribution in [0.3, 0.4) is 0 Å². The molecule has 0 aliphatic heterocycles. The molecule has 26 heavy (non-hydrogen) atoms. The van der Waals surface area contributed by atoms with Crippen LogP contribution in [0.15, 0.2) is 79.0 Å². The summed E-state index contributed by atoms with van der Waals surface area (Å²) in [5, 5.41) is 0. The lowest BCUT2D eigenvalue weighted by molar-refractivity contribution is 0.202. The maximum absolute atomic E-state index is 6.06. The van der Waals surface area contributed by atoms with Crippen LogP contribution in [0.4, 0.5) is 0 Å². The van der Waals surface area contributed by atoms with E-state index in [0.717, 1.165) is 36.4 Å². The number of hydrogen-bond donors (Lipinski definition) is 0. The first-order chi connectivity index (χ1) is 12.7. The van der Waals surface area contributed by atoms with E-state index < -0.39 is 0 Å². The lowest BCUT2D eigenvalue weighted by Crippen LogP contribution is -2.16. The molecule has 1 aromatic rings. The lowest BCUT2D eigenvalue weighted by Gasteiger charge is -2.17. The van der Waals surface area contributed by atoms with Crippen LogP contribution in [-0.4, -0.2) is 23.0 Å². The first-order valence-electron chi connectivity index (χ1n) is 9.29. The molecule has 0 radical (unpaired) electrons. The second kappa shape index (κ2) is 12.8. The third-order valence-corrected chi connectivity index (χ3v) is 4.01. The maximum Gasteiger partial charge on any atom is 0.118 e. The minimum absolute atomic E-state index is 0.603. The van der Waals surface area contributed by atoms with Gasteiger partial charge in [0.15, 0.2) is 0 Å². The zero-order valence-electron chi connectivity index (χ0n) is 16.6. The Morgan fingerprint density at radius 3 is 2.65 bits per heavy atom. The average Bonchev–Trinajstić information content (AvgIpc) is 2.69. The van der Waals surface area contributed by atoms with Gasteiger partial charge in [0.1, 0.15) is 12.4 Å². The van der Waals surface area contributed by atoms with Crippen LogP contribution in [0.5, 0.6) is 0 Å². The smallest absolute Gasteiger partial charge is 0.118 e. The SMILES string of the molecule is C=CN(/C=C\CC)CCOC(/C=C\C(=C/C)c1ccccn1)=C(/C)CC. The van der Waals surface area contributed by atoms with Gasteiger partial charge in [0.05, 0.1) is 12.2 Å². The molecule has 0 amide bonds. The standard InChI is InChI=1S/C23H32N2O/c1-6-10-17-25(9-4)18-19-26-23(20(5)7-2)15-14-21(8-3)22-13-11-12-16-24-22/h8-17H,4,6-7,18-19H2,1-3,5H3/b15-14-,17-10-,21-8+,23-20-. The van der Waals surface area contributed by atoms with Crippen LogP contribution in [0.1, 0.15) is 46.2 Å². The van der Waals surface area contributed by atoms with Crippen LogP contribution in [-0.2, 0) is 4.74 Å². The van der Waals surface area contributed by atoms with E-state index in [0.29, 0.717) is 6.61 Å². The molecule has 1 heterocycles. The summed E-state index contributed by atoms with van der Waals surface area (Å²) >= 11 is 0. The van der Waals surface area contributed by atoms with Gasteiger partial charge in [-0.05, 0) is 74.5 Å². The Hall–Kier alpha value is -2.55. The van der Waals surface area contributed by atoms with Gasteiger partial charge in [-0.3, -0.25) is 4.98 Å². The first kappa shape index (κ1) is 21.5. The third-order valence-electron chi connectivity index (χ3n) is 4.01. The molecule has 0 unspecified atom stereocenters. The molecule has 3 nitrogen and oxygen atoms in total. The van der Waals surface area contributed by atoms with Gasteiger partial charge < -0.3 is 9.64 Å². The van der Waals surface area contributed by atoms with Crippen molar-refractivity contribution >= 4 is 5.57 Å². The van der Waals surface area contributed by atoms with Crippen molar-refractivity contribution < 1.29 is 4.74 Å². The van der Waals surface area contributed by atoms with Crippen molar-refractivity contribution in [2.24, 2.45) is 0 Å². The van der Waals surface area contributed by atoms with Gasteiger partial charge in [-0.1, -0.05) is 38.6 Å². The van der Waals surface area contributed by atoms with Gasteiger partial charge >= 0.3 is 0 Å². The second-order valence-corrected chi connectivity index (χ2v) is 5.85. The molecule has 0 bridgehead atoms. The molecule has 0 spiro atoms. The molecule has 3 heteroatoms. The normalized spacial score (nSPS) is 13.2. The Balaban J connectivity index is 2.79. The fourth-order valence-electron chi connectivity index (χ4n) is 2.24. The number of nitrogens with zero attached hydrogens (tertiary/aromatic N) is 2. The van der Waals surface area contributed by atoms with Gasteiger partial charge in [0.2, 0.25) is 0 Å². The van der Waals surface area contributed by atoms with Crippen LogP contribution in [0.25, 0.3) is 5.57 Å². The molecule has 0 aliphatic rings. The van der Waals surface area contributed by atoms with Crippen molar-refractivity contribution in [1.29, 1.82) is 0 Å². The van der Waals surface area contributed by atoms with Crippen molar-refractivity contribution in [2.75, 3.05) is 13.2 Å². The topological polar surface area (TPSA) is 25.4 Å². The van der Waals surface area contributed by atoms with Gasteiger partial charge in [0.25, 0.3) is 0 Å². The minimum Gasteiger partial charge on any atom is -0.492 e. The van der Waals surface area contributed by atoms with E-state index >= 15 is 0 Å². The summed E-state index contributed by atoms with van der Waals surface area (Å²) in [5.74, 6) is 0.922. The van der Waals surface area contributed by atoms with Crippen LogP contribution in [0, 0.1) is 0 Å². The molecule has 0 N–H and O–H groups in total. The van der Waals surface area contributed by atoms with E-state index in [2.05, 4.69) is 50.6 Å². The van der Waals surface area contributed by atoms with Crippen molar-refractivity contribution in [3.63, 3.8) is 0 Å². The molecular formula is C23H32N2O. The molecule has 0 aliphatic carbocycles. The van der Waals surface area contributed by atoms with E-state index in [-0.39, 0.29) is 0 Å². The number of allylic oxidation sites excluding steroid dienone is 6. The zero-order valence-corrected chi connectivity index (χ0v) is 16.6. The number of ether oxygens (including phenoxy) is 1. The Morgan fingerprint density at radius 2 is 2.08 bits per heavy atom. The van der Waals surface area contributed by atoms with Gasteiger partial charge in [-0.2, -0.15) is 0 Å². The summed E-state index contributed by atoms with van der Waals surface area (Å²) in [5.41, 5.74) is 3.27. The highest BCUT2D eigenvalue weighted by Crippen LogP contribution is 2.17. The molecule has 1 rings (SSSR count). The van der Waals surface area contributed by atoms with Crippen LogP contribution < -0.4 is 0 Å². The lowest BCUT2D eigenvalue weighted by atomic mass is 10.1. The highest BCUT2D eigenvalue weighted by atomic mass is 16.5. The predicted molar refractivity (Wildman–Crippen MR) is 112 cm³/mol. The van der Waals surface area contributed by atoms with E-state index in [1.807, 2.05) is 54.7 Å². The number of rotatable bonds is 11. The molecule has 1 aromatic heterocycles. The molecule has 0 aromatic carbocycles. The quantitative estimate of drug-likeness (QED) is 0.355. The zero-order chi connectivity index (χ0) is 19.2. The summed E-state index contributed by atoms with van der Waals surface area (Å²) in [6, 6.07) is 5.94. The fourth-order valence-corrected chi connectivity index (χ4v) is 2.24. The summed E-state index contributed by atoms with van der Waals surface area (Å²) < 4.78 is 6.06. The molecule has 0 saturated heterocycles. The van der Waals surface area contributed by atoms with Crippen molar-refractivity contribution in [3.8, 4) is 0 Å². The highest BCUT2D eigenvalue weighted by molar-refractivity contribution is 5.71. The molecule has 0 atom stereocenters. The van der Waals surface area contributed by atoms with Gasteiger partial charge in [-0.25, -0.2) is 0 Å². The summed E-state index contributed by atoms with van der Waals surface area (Å²) in [6.45, 7) is 13.6.